The smallest absolute Gasteiger partial charge is 0.161 e. The van der Waals surface area contributed by atoms with Crippen molar-refractivity contribution >= 4 is 11.6 Å². The van der Waals surface area contributed by atoms with Crippen LogP contribution >= 0.6 is 11.6 Å². The zero-order valence-corrected chi connectivity index (χ0v) is 17.0. The van der Waals surface area contributed by atoms with Crippen LogP contribution in [0.3, 0.4) is 0 Å². The molecule has 27 heavy (non-hydrogen) atoms. The van der Waals surface area contributed by atoms with Crippen molar-refractivity contribution in [3.8, 4) is 11.5 Å². The van der Waals surface area contributed by atoms with Crippen molar-refractivity contribution in [2.24, 2.45) is 0 Å². The molecule has 0 unspecified atom stereocenters. The fourth-order valence-electron chi connectivity index (χ4n) is 3.31. The third kappa shape index (κ3) is 6.13. The fraction of sp³-hybridized carbons (Fsp3) is 0.455. The first kappa shape index (κ1) is 20.0. The summed E-state index contributed by atoms with van der Waals surface area (Å²) in [7, 11) is 3.87. The van der Waals surface area contributed by atoms with Gasteiger partial charge in [-0.05, 0) is 61.8 Å². The van der Waals surface area contributed by atoms with Gasteiger partial charge in [-0.2, -0.15) is 0 Å². The first-order valence-corrected chi connectivity index (χ1v) is 9.97. The Kier molecular flexibility index (Phi) is 7.39. The van der Waals surface area contributed by atoms with Gasteiger partial charge in [0.25, 0.3) is 0 Å². The zero-order valence-electron chi connectivity index (χ0n) is 16.3. The Hall–Kier alpha value is -1.75. The minimum atomic E-state index is 0.498. The second-order valence-electron chi connectivity index (χ2n) is 7.15. The summed E-state index contributed by atoms with van der Waals surface area (Å²) in [4.78, 5) is 4.95. The van der Waals surface area contributed by atoms with Gasteiger partial charge in [0.2, 0.25) is 0 Å². The van der Waals surface area contributed by atoms with E-state index in [9.17, 15) is 0 Å². The van der Waals surface area contributed by atoms with E-state index >= 15 is 0 Å². The molecular formula is C22H29ClN2O2. The van der Waals surface area contributed by atoms with Crippen LogP contribution in [0.15, 0.2) is 42.5 Å². The molecule has 0 aromatic heterocycles. The van der Waals surface area contributed by atoms with Gasteiger partial charge in [-0.15, -0.1) is 0 Å². The molecule has 1 heterocycles. The summed E-state index contributed by atoms with van der Waals surface area (Å²) in [6.07, 6.45) is 2.21. The average Bonchev–Trinajstić information content (AvgIpc) is 2.69. The predicted octanol–water partition coefficient (Wildman–Crippen LogP) is 4.11. The van der Waals surface area contributed by atoms with Crippen molar-refractivity contribution in [2.45, 2.75) is 19.4 Å². The number of nitrogens with zero attached hydrogens (tertiary/aromatic N) is 2. The summed E-state index contributed by atoms with van der Waals surface area (Å²) in [5.74, 6) is 1.57. The van der Waals surface area contributed by atoms with E-state index in [0.29, 0.717) is 6.61 Å². The molecule has 1 saturated heterocycles. The lowest BCUT2D eigenvalue weighted by Crippen LogP contribution is -2.44. The Morgan fingerprint density at radius 3 is 2.33 bits per heavy atom. The molecular weight excluding hydrogens is 360 g/mol. The topological polar surface area (TPSA) is 24.9 Å². The molecule has 0 amide bonds. The molecule has 1 fully saturated rings. The van der Waals surface area contributed by atoms with Gasteiger partial charge in [-0.1, -0.05) is 29.8 Å². The van der Waals surface area contributed by atoms with Gasteiger partial charge in [0.1, 0.15) is 6.61 Å². The van der Waals surface area contributed by atoms with E-state index in [-0.39, 0.29) is 0 Å². The van der Waals surface area contributed by atoms with E-state index in [0.717, 1.165) is 41.5 Å². The first-order chi connectivity index (χ1) is 13.1. The summed E-state index contributed by atoms with van der Waals surface area (Å²) >= 11 is 5.94. The molecule has 146 valence electrons. The first-order valence-electron chi connectivity index (χ1n) is 9.59. The standard InChI is InChI=1S/C22H29ClN2O2/c1-24-12-14-25(15-13-24)11-3-4-18-7-10-21(26-2)22(16-18)27-17-19-5-8-20(23)9-6-19/h5-10,16H,3-4,11-15,17H2,1-2H3. The number of halogens is 1. The van der Waals surface area contributed by atoms with Crippen LogP contribution in [-0.2, 0) is 13.0 Å². The van der Waals surface area contributed by atoms with Gasteiger partial charge >= 0.3 is 0 Å². The molecule has 0 atom stereocenters. The molecule has 2 aromatic rings. The molecule has 0 saturated carbocycles. The molecule has 2 aromatic carbocycles. The lowest BCUT2D eigenvalue weighted by Gasteiger charge is -2.32. The van der Waals surface area contributed by atoms with Gasteiger partial charge in [0.05, 0.1) is 7.11 Å². The molecule has 0 spiro atoms. The third-order valence-corrected chi connectivity index (χ3v) is 5.32. The number of hydrogen-bond acceptors (Lipinski definition) is 4. The number of benzene rings is 2. The quantitative estimate of drug-likeness (QED) is 0.679. The van der Waals surface area contributed by atoms with Crippen molar-refractivity contribution in [1.82, 2.24) is 9.80 Å². The van der Waals surface area contributed by atoms with Crippen molar-refractivity contribution in [1.29, 1.82) is 0 Å². The summed E-state index contributed by atoms with van der Waals surface area (Å²) in [6.45, 7) is 6.35. The number of likely N-dealkylation sites (N-methyl/N-ethyl adjacent to an activating group) is 1. The van der Waals surface area contributed by atoms with E-state index in [4.69, 9.17) is 21.1 Å². The summed E-state index contributed by atoms with van der Waals surface area (Å²) in [6, 6.07) is 14.0. The zero-order chi connectivity index (χ0) is 19.1. The van der Waals surface area contributed by atoms with Crippen LogP contribution < -0.4 is 9.47 Å². The normalized spacial score (nSPS) is 15.7. The highest BCUT2D eigenvalue weighted by Gasteiger charge is 2.13. The fourth-order valence-corrected chi connectivity index (χ4v) is 3.44. The Morgan fingerprint density at radius 1 is 0.926 bits per heavy atom. The molecule has 0 N–H and O–H groups in total. The number of ether oxygens (including phenoxy) is 2. The number of rotatable bonds is 8. The molecule has 1 aliphatic rings. The van der Waals surface area contributed by atoms with Crippen molar-refractivity contribution in [2.75, 3.05) is 46.9 Å². The van der Waals surface area contributed by atoms with Crippen molar-refractivity contribution in [3.05, 3.63) is 58.6 Å². The van der Waals surface area contributed by atoms with Gasteiger partial charge in [0, 0.05) is 31.2 Å². The SMILES string of the molecule is COc1ccc(CCCN2CCN(C)CC2)cc1OCc1ccc(Cl)cc1. The highest BCUT2D eigenvalue weighted by atomic mass is 35.5. The molecule has 3 rings (SSSR count). The molecule has 1 aliphatic heterocycles. The van der Waals surface area contributed by atoms with Crippen LogP contribution in [0.1, 0.15) is 17.5 Å². The van der Waals surface area contributed by atoms with E-state index < -0.39 is 0 Å². The Balaban J connectivity index is 1.53. The average molecular weight is 389 g/mol. The Bertz CT molecular complexity index is 713. The van der Waals surface area contributed by atoms with Crippen LogP contribution in [0.4, 0.5) is 0 Å². The maximum atomic E-state index is 6.02. The lowest BCUT2D eigenvalue weighted by molar-refractivity contribution is 0.153. The second-order valence-corrected chi connectivity index (χ2v) is 7.59. The largest absolute Gasteiger partial charge is 0.493 e. The highest BCUT2D eigenvalue weighted by molar-refractivity contribution is 6.30. The van der Waals surface area contributed by atoms with Crippen LogP contribution in [-0.4, -0.2) is 56.7 Å². The van der Waals surface area contributed by atoms with Gasteiger partial charge in [-0.25, -0.2) is 0 Å². The summed E-state index contributed by atoms with van der Waals surface area (Å²) in [5, 5.41) is 0.735. The van der Waals surface area contributed by atoms with E-state index in [1.54, 1.807) is 7.11 Å². The second kappa shape index (κ2) is 9.98. The lowest BCUT2D eigenvalue weighted by atomic mass is 10.1. The number of methoxy groups -OCH3 is 1. The maximum Gasteiger partial charge on any atom is 0.161 e. The summed E-state index contributed by atoms with van der Waals surface area (Å²) in [5.41, 5.74) is 2.37. The van der Waals surface area contributed by atoms with Crippen LogP contribution in [0, 0.1) is 0 Å². The molecule has 0 bridgehead atoms. The molecule has 0 radical (unpaired) electrons. The van der Waals surface area contributed by atoms with E-state index in [1.165, 1.54) is 31.7 Å². The van der Waals surface area contributed by atoms with Gasteiger partial charge in [-0.3, -0.25) is 0 Å². The number of aryl methyl sites for hydroxylation is 1. The maximum absolute atomic E-state index is 6.02. The Labute approximate surface area is 167 Å². The molecule has 0 aliphatic carbocycles. The van der Waals surface area contributed by atoms with E-state index in [2.05, 4.69) is 29.0 Å². The third-order valence-electron chi connectivity index (χ3n) is 5.07. The van der Waals surface area contributed by atoms with Crippen LogP contribution in [0.2, 0.25) is 5.02 Å². The monoisotopic (exact) mass is 388 g/mol. The minimum Gasteiger partial charge on any atom is -0.493 e. The van der Waals surface area contributed by atoms with Crippen molar-refractivity contribution in [3.63, 3.8) is 0 Å². The minimum absolute atomic E-state index is 0.498. The van der Waals surface area contributed by atoms with Crippen molar-refractivity contribution < 1.29 is 9.47 Å². The summed E-state index contributed by atoms with van der Waals surface area (Å²) < 4.78 is 11.5. The Morgan fingerprint density at radius 2 is 1.63 bits per heavy atom. The molecule has 4 nitrogen and oxygen atoms in total. The van der Waals surface area contributed by atoms with Gasteiger partial charge < -0.3 is 19.3 Å². The van der Waals surface area contributed by atoms with E-state index in [1.807, 2.05) is 30.3 Å². The van der Waals surface area contributed by atoms with Crippen LogP contribution in [0.5, 0.6) is 11.5 Å². The highest BCUT2D eigenvalue weighted by Crippen LogP contribution is 2.29. The molecule has 5 heteroatoms. The van der Waals surface area contributed by atoms with Gasteiger partial charge in [0.15, 0.2) is 11.5 Å². The number of hydrogen-bond donors (Lipinski definition) is 0. The predicted molar refractivity (Wildman–Crippen MR) is 111 cm³/mol. The number of piperazine rings is 1. The van der Waals surface area contributed by atoms with Crippen LogP contribution in [0.25, 0.3) is 0 Å².